The van der Waals surface area contributed by atoms with Crippen molar-refractivity contribution in [2.75, 3.05) is 39.8 Å². The van der Waals surface area contributed by atoms with Crippen LogP contribution in [-0.2, 0) is 0 Å². The fraction of sp³-hybridized carbons (Fsp3) is 0.438. The van der Waals surface area contributed by atoms with Gasteiger partial charge in [-0.15, -0.1) is 0 Å². The SMILES string of the molecule is Cc1[nH]c2ccccc2c1C(=O)CN1CCN(C)CC1. The average Bonchev–Trinajstić information content (AvgIpc) is 2.77. The summed E-state index contributed by atoms with van der Waals surface area (Å²) >= 11 is 0. The standard InChI is InChI=1S/C16H21N3O/c1-12-16(13-5-3-4-6-14(13)17-12)15(20)11-19-9-7-18(2)8-10-19/h3-6,17H,7-11H2,1-2H3. The van der Waals surface area contributed by atoms with Crippen molar-refractivity contribution in [3.8, 4) is 0 Å². The highest BCUT2D eigenvalue weighted by Gasteiger charge is 2.20. The van der Waals surface area contributed by atoms with Gasteiger partial charge in [-0.1, -0.05) is 18.2 Å². The number of Topliss-reactive ketones (excluding diaryl/α,β-unsaturated/α-hetero) is 1. The zero-order valence-electron chi connectivity index (χ0n) is 12.1. The zero-order chi connectivity index (χ0) is 14.1. The first-order valence-corrected chi connectivity index (χ1v) is 7.16. The molecule has 0 aliphatic carbocycles. The summed E-state index contributed by atoms with van der Waals surface area (Å²) < 4.78 is 0. The Kier molecular flexibility index (Phi) is 3.59. The molecule has 1 N–H and O–H groups in total. The van der Waals surface area contributed by atoms with Gasteiger partial charge in [0.2, 0.25) is 0 Å². The highest BCUT2D eigenvalue weighted by atomic mass is 16.1. The summed E-state index contributed by atoms with van der Waals surface area (Å²) in [6, 6.07) is 8.03. The van der Waals surface area contributed by atoms with Crippen LogP contribution in [-0.4, -0.2) is 60.3 Å². The van der Waals surface area contributed by atoms with Crippen LogP contribution in [0.25, 0.3) is 10.9 Å². The third kappa shape index (κ3) is 2.49. The number of rotatable bonds is 3. The summed E-state index contributed by atoms with van der Waals surface area (Å²) in [6.07, 6.45) is 0. The molecule has 0 radical (unpaired) electrons. The summed E-state index contributed by atoms with van der Waals surface area (Å²) in [4.78, 5) is 20.5. The zero-order valence-corrected chi connectivity index (χ0v) is 12.1. The largest absolute Gasteiger partial charge is 0.358 e. The third-order valence-electron chi connectivity index (χ3n) is 4.14. The molecule has 0 saturated carbocycles. The molecule has 2 heterocycles. The van der Waals surface area contributed by atoms with Crippen molar-refractivity contribution in [2.24, 2.45) is 0 Å². The van der Waals surface area contributed by atoms with Crippen molar-refractivity contribution in [3.05, 3.63) is 35.5 Å². The van der Waals surface area contributed by atoms with Gasteiger partial charge in [-0.05, 0) is 20.0 Å². The Hall–Kier alpha value is -1.65. The molecule has 3 rings (SSSR count). The number of ketones is 1. The molecule has 0 unspecified atom stereocenters. The van der Waals surface area contributed by atoms with E-state index in [4.69, 9.17) is 0 Å². The minimum atomic E-state index is 0.226. The van der Waals surface area contributed by atoms with Crippen LogP contribution < -0.4 is 0 Å². The smallest absolute Gasteiger partial charge is 0.179 e. The fourth-order valence-corrected chi connectivity index (χ4v) is 2.92. The maximum absolute atomic E-state index is 12.6. The summed E-state index contributed by atoms with van der Waals surface area (Å²) in [5.41, 5.74) is 2.89. The van der Waals surface area contributed by atoms with E-state index < -0.39 is 0 Å². The molecule has 1 saturated heterocycles. The molecule has 1 aromatic heterocycles. The minimum Gasteiger partial charge on any atom is -0.358 e. The second-order valence-electron chi connectivity index (χ2n) is 5.67. The lowest BCUT2D eigenvalue weighted by molar-refractivity contribution is 0.0877. The number of nitrogens with zero attached hydrogens (tertiary/aromatic N) is 2. The number of aromatic nitrogens is 1. The number of hydrogen-bond acceptors (Lipinski definition) is 3. The number of fused-ring (bicyclic) bond motifs is 1. The molecule has 2 aromatic rings. The third-order valence-corrected chi connectivity index (χ3v) is 4.14. The number of hydrogen-bond donors (Lipinski definition) is 1. The average molecular weight is 271 g/mol. The van der Waals surface area contributed by atoms with E-state index in [9.17, 15) is 4.79 Å². The number of aryl methyl sites for hydroxylation is 1. The van der Waals surface area contributed by atoms with E-state index in [0.717, 1.165) is 48.3 Å². The summed E-state index contributed by atoms with van der Waals surface area (Å²) in [5.74, 6) is 0.226. The van der Waals surface area contributed by atoms with Crippen LogP contribution in [0.15, 0.2) is 24.3 Å². The lowest BCUT2D eigenvalue weighted by atomic mass is 10.1. The quantitative estimate of drug-likeness (QED) is 0.867. The predicted molar refractivity (Wildman–Crippen MR) is 81.3 cm³/mol. The molecule has 0 atom stereocenters. The van der Waals surface area contributed by atoms with Crippen LogP contribution >= 0.6 is 0 Å². The normalized spacial score (nSPS) is 17.7. The van der Waals surface area contributed by atoms with Crippen LogP contribution in [0.4, 0.5) is 0 Å². The Labute approximate surface area is 119 Å². The first-order valence-electron chi connectivity index (χ1n) is 7.16. The van der Waals surface area contributed by atoms with Crippen molar-refractivity contribution < 1.29 is 4.79 Å². The number of H-pyrrole nitrogens is 1. The van der Waals surface area contributed by atoms with Crippen LogP contribution in [0, 0.1) is 6.92 Å². The predicted octanol–water partition coefficient (Wildman–Crippen LogP) is 1.91. The number of nitrogens with one attached hydrogen (secondary N) is 1. The maximum Gasteiger partial charge on any atom is 0.179 e. The van der Waals surface area contributed by atoms with Gasteiger partial charge in [0.15, 0.2) is 5.78 Å². The summed E-state index contributed by atoms with van der Waals surface area (Å²) in [6.45, 7) is 6.54. The monoisotopic (exact) mass is 271 g/mol. The van der Waals surface area contributed by atoms with Crippen LogP contribution in [0.1, 0.15) is 16.1 Å². The molecule has 0 spiro atoms. The van der Waals surface area contributed by atoms with Crippen LogP contribution in [0.2, 0.25) is 0 Å². The lowest BCUT2D eigenvalue weighted by Crippen LogP contribution is -2.46. The molecule has 4 heteroatoms. The van der Waals surface area contributed by atoms with E-state index in [0.29, 0.717) is 6.54 Å². The number of benzene rings is 1. The number of likely N-dealkylation sites (N-methyl/N-ethyl adjacent to an activating group) is 1. The second-order valence-corrected chi connectivity index (χ2v) is 5.67. The van der Waals surface area contributed by atoms with E-state index >= 15 is 0 Å². The van der Waals surface area contributed by atoms with Crippen molar-refractivity contribution in [1.29, 1.82) is 0 Å². The van der Waals surface area contributed by atoms with Gasteiger partial charge < -0.3 is 9.88 Å². The Balaban J connectivity index is 1.80. The van der Waals surface area contributed by atoms with Gasteiger partial charge in [-0.3, -0.25) is 9.69 Å². The van der Waals surface area contributed by atoms with Gasteiger partial charge in [0.05, 0.1) is 6.54 Å². The Morgan fingerprint density at radius 3 is 2.65 bits per heavy atom. The second kappa shape index (κ2) is 5.38. The van der Waals surface area contributed by atoms with E-state index in [2.05, 4.69) is 21.8 Å². The molecule has 1 aliphatic rings. The van der Waals surface area contributed by atoms with Crippen LogP contribution in [0.3, 0.4) is 0 Å². The van der Waals surface area contributed by atoms with Gasteiger partial charge >= 0.3 is 0 Å². The Morgan fingerprint density at radius 1 is 1.20 bits per heavy atom. The minimum absolute atomic E-state index is 0.226. The van der Waals surface area contributed by atoms with E-state index in [1.807, 2.05) is 31.2 Å². The molecule has 1 aliphatic heterocycles. The molecule has 20 heavy (non-hydrogen) atoms. The lowest BCUT2D eigenvalue weighted by Gasteiger charge is -2.31. The Morgan fingerprint density at radius 2 is 1.90 bits per heavy atom. The fourth-order valence-electron chi connectivity index (χ4n) is 2.92. The van der Waals surface area contributed by atoms with Crippen LogP contribution in [0.5, 0.6) is 0 Å². The number of carbonyl (C=O) groups is 1. The molecule has 0 amide bonds. The Bertz CT molecular complexity index is 624. The maximum atomic E-state index is 12.6. The van der Waals surface area contributed by atoms with E-state index in [1.165, 1.54) is 0 Å². The van der Waals surface area contributed by atoms with Gasteiger partial charge in [-0.2, -0.15) is 0 Å². The van der Waals surface area contributed by atoms with Crippen molar-refractivity contribution in [2.45, 2.75) is 6.92 Å². The molecule has 1 aromatic carbocycles. The van der Waals surface area contributed by atoms with Crippen molar-refractivity contribution in [1.82, 2.24) is 14.8 Å². The van der Waals surface area contributed by atoms with Crippen molar-refractivity contribution in [3.63, 3.8) is 0 Å². The number of piperazine rings is 1. The van der Waals surface area contributed by atoms with Gasteiger partial charge in [0, 0.05) is 48.3 Å². The first kappa shape index (κ1) is 13.3. The number of aromatic amines is 1. The summed E-state index contributed by atoms with van der Waals surface area (Å²) in [5, 5.41) is 1.05. The summed E-state index contributed by atoms with van der Waals surface area (Å²) in [7, 11) is 2.13. The first-order chi connectivity index (χ1) is 9.65. The van der Waals surface area contributed by atoms with Crippen molar-refractivity contribution >= 4 is 16.7 Å². The van der Waals surface area contributed by atoms with E-state index in [-0.39, 0.29) is 5.78 Å². The molecular formula is C16H21N3O. The highest BCUT2D eigenvalue weighted by Crippen LogP contribution is 2.22. The highest BCUT2D eigenvalue weighted by molar-refractivity contribution is 6.10. The van der Waals surface area contributed by atoms with Gasteiger partial charge in [0.1, 0.15) is 0 Å². The molecular weight excluding hydrogens is 250 g/mol. The number of para-hydroxylation sites is 1. The molecule has 1 fully saturated rings. The number of carbonyl (C=O) groups excluding carboxylic acids is 1. The van der Waals surface area contributed by atoms with Gasteiger partial charge in [-0.25, -0.2) is 0 Å². The van der Waals surface area contributed by atoms with E-state index in [1.54, 1.807) is 0 Å². The molecule has 106 valence electrons. The molecule has 0 bridgehead atoms. The topological polar surface area (TPSA) is 39.3 Å². The molecule has 4 nitrogen and oxygen atoms in total. The van der Waals surface area contributed by atoms with Gasteiger partial charge in [0.25, 0.3) is 0 Å².